The number of carbonyl (C=O) groups excluding carboxylic acids is 1. The molecule has 0 aliphatic carbocycles. The molecule has 210 valence electrons. The summed E-state index contributed by atoms with van der Waals surface area (Å²) in [6.07, 6.45) is 1.48. The predicted octanol–water partition coefficient (Wildman–Crippen LogP) is 4.49. The van der Waals surface area contributed by atoms with E-state index in [1.807, 2.05) is 6.07 Å². The van der Waals surface area contributed by atoms with Gasteiger partial charge in [-0.25, -0.2) is 4.99 Å². The lowest BCUT2D eigenvalue weighted by Gasteiger charge is -2.26. The molecule has 11 heteroatoms. The quantitative estimate of drug-likeness (QED) is 0.333. The number of benzene rings is 3. The van der Waals surface area contributed by atoms with Crippen molar-refractivity contribution in [2.75, 3.05) is 19.5 Å². The van der Waals surface area contributed by atoms with Gasteiger partial charge >= 0.3 is 6.61 Å². The Morgan fingerprint density at radius 2 is 1.76 bits per heavy atom. The van der Waals surface area contributed by atoms with Gasteiger partial charge in [0.05, 0.1) is 30.0 Å². The van der Waals surface area contributed by atoms with Crippen molar-refractivity contribution in [1.29, 1.82) is 0 Å². The minimum absolute atomic E-state index is 0.0687. The summed E-state index contributed by atoms with van der Waals surface area (Å²) in [7, 11) is 3.01. The summed E-state index contributed by atoms with van der Waals surface area (Å²) in [5.74, 6) is 0.426. The van der Waals surface area contributed by atoms with Crippen molar-refractivity contribution in [2.45, 2.75) is 19.6 Å². The van der Waals surface area contributed by atoms with Crippen molar-refractivity contribution in [2.24, 2.45) is 4.99 Å². The van der Waals surface area contributed by atoms with Gasteiger partial charge in [0.1, 0.15) is 23.3 Å². The predicted molar refractivity (Wildman–Crippen MR) is 151 cm³/mol. The lowest BCUT2D eigenvalue weighted by atomic mass is 9.94. The first kappa shape index (κ1) is 27.8. The zero-order chi connectivity index (χ0) is 29.1. The number of para-hydroxylation sites is 2. The van der Waals surface area contributed by atoms with E-state index in [0.717, 1.165) is 11.3 Å². The molecule has 1 atom stereocenters. The summed E-state index contributed by atoms with van der Waals surface area (Å²) in [6.45, 7) is -1.33. The molecule has 1 aromatic heterocycles. The molecule has 1 N–H and O–H groups in total. The minimum Gasteiger partial charge on any atom is -0.497 e. The Hall–Kier alpha value is -4.77. The number of nitrogens with one attached hydrogen (secondary N) is 1. The van der Waals surface area contributed by atoms with Crippen LogP contribution in [0, 0.1) is 0 Å². The molecule has 0 unspecified atom stereocenters. The molecule has 8 nitrogen and oxygen atoms in total. The van der Waals surface area contributed by atoms with Crippen LogP contribution < -0.4 is 34.4 Å². The van der Waals surface area contributed by atoms with Crippen molar-refractivity contribution in [3.63, 3.8) is 0 Å². The van der Waals surface area contributed by atoms with Gasteiger partial charge in [0.2, 0.25) is 0 Å². The molecular weight excluding hydrogens is 552 g/mol. The highest BCUT2D eigenvalue weighted by Gasteiger charge is 2.34. The fourth-order valence-electron chi connectivity index (χ4n) is 4.61. The van der Waals surface area contributed by atoms with Crippen molar-refractivity contribution in [1.82, 2.24) is 4.57 Å². The Morgan fingerprint density at radius 3 is 2.46 bits per heavy atom. The zero-order valence-corrected chi connectivity index (χ0v) is 23.1. The number of anilines is 1. The summed E-state index contributed by atoms with van der Waals surface area (Å²) in [5.41, 5.74) is 1.62. The molecule has 1 amide bonds. The molecule has 0 saturated carbocycles. The van der Waals surface area contributed by atoms with Crippen LogP contribution in [0.5, 0.6) is 17.2 Å². The maximum atomic E-state index is 14.0. The number of fused-ring (bicyclic) bond motifs is 1. The number of allylic oxidation sites excluding steroid dienone is 1. The highest BCUT2D eigenvalue weighted by molar-refractivity contribution is 7.07. The van der Waals surface area contributed by atoms with Gasteiger partial charge in [-0.05, 0) is 43.3 Å². The second kappa shape index (κ2) is 11.8. The Kier molecular flexibility index (Phi) is 7.97. The first-order valence-electron chi connectivity index (χ1n) is 12.5. The maximum absolute atomic E-state index is 14.0. The third kappa shape index (κ3) is 5.62. The van der Waals surface area contributed by atoms with Gasteiger partial charge in [-0.2, -0.15) is 8.78 Å². The van der Waals surface area contributed by atoms with E-state index in [4.69, 9.17) is 9.47 Å². The molecular formula is C30H25F2N3O5S. The SMILES string of the molecule is COc1ccc([C@H]2C(C(=O)Nc3ccccc3)=C(C)N=c3s/c(=C/c4ccccc4OC(F)F)c(=O)n32)c(OC)c1. The maximum Gasteiger partial charge on any atom is 0.387 e. The number of aromatic nitrogens is 1. The van der Waals surface area contributed by atoms with Gasteiger partial charge < -0.3 is 19.5 Å². The molecule has 1 aliphatic heterocycles. The largest absolute Gasteiger partial charge is 0.497 e. The number of halogens is 2. The van der Waals surface area contributed by atoms with Crippen LogP contribution in [0.2, 0.25) is 0 Å². The van der Waals surface area contributed by atoms with Gasteiger partial charge in [-0.1, -0.05) is 47.7 Å². The summed E-state index contributed by atoms with van der Waals surface area (Å²) in [4.78, 5) is 32.7. The van der Waals surface area contributed by atoms with Crippen molar-refractivity contribution >= 4 is 29.0 Å². The topological polar surface area (TPSA) is 91.2 Å². The van der Waals surface area contributed by atoms with E-state index in [1.54, 1.807) is 67.6 Å². The van der Waals surface area contributed by atoms with Gasteiger partial charge in [-0.3, -0.25) is 14.2 Å². The summed E-state index contributed by atoms with van der Waals surface area (Å²) in [6, 6.07) is 19.3. The highest BCUT2D eigenvalue weighted by Crippen LogP contribution is 2.37. The Bertz CT molecular complexity index is 1820. The molecule has 0 saturated heterocycles. The second-order valence-corrected chi connectivity index (χ2v) is 9.94. The van der Waals surface area contributed by atoms with Crippen LogP contribution in [0.1, 0.15) is 24.1 Å². The van der Waals surface area contributed by atoms with E-state index >= 15 is 0 Å². The van der Waals surface area contributed by atoms with E-state index < -0.39 is 24.1 Å². The van der Waals surface area contributed by atoms with Crippen LogP contribution in [0.4, 0.5) is 14.5 Å². The number of thiazole rings is 1. The van der Waals surface area contributed by atoms with Crippen LogP contribution in [-0.2, 0) is 4.79 Å². The molecule has 4 aromatic rings. The lowest BCUT2D eigenvalue weighted by molar-refractivity contribution is -0.113. The monoisotopic (exact) mass is 577 g/mol. The van der Waals surface area contributed by atoms with Crippen LogP contribution >= 0.6 is 11.3 Å². The number of amides is 1. The normalized spacial score (nSPS) is 14.9. The number of alkyl halides is 2. The third-order valence-corrected chi connectivity index (χ3v) is 7.44. The fourth-order valence-corrected chi connectivity index (χ4v) is 5.65. The van der Waals surface area contributed by atoms with Crippen molar-refractivity contribution in [3.05, 3.63) is 115 Å². The average molecular weight is 578 g/mol. The van der Waals surface area contributed by atoms with Gasteiger partial charge in [-0.15, -0.1) is 0 Å². The molecule has 0 fully saturated rings. The number of hydrogen-bond donors (Lipinski definition) is 1. The van der Waals surface area contributed by atoms with Crippen LogP contribution in [0.25, 0.3) is 6.08 Å². The van der Waals surface area contributed by atoms with Crippen molar-refractivity contribution in [3.8, 4) is 17.2 Å². The molecule has 5 rings (SSSR count). The third-order valence-electron chi connectivity index (χ3n) is 6.45. The highest BCUT2D eigenvalue weighted by atomic mass is 32.1. The molecule has 41 heavy (non-hydrogen) atoms. The smallest absolute Gasteiger partial charge is 0.387 e. The van der Waals surface area contributed by atoms with E-state index in [0.29, 0.717) is 38.8 Å². The second-order valence-electron chi connectivity index (χ2n) is 8.93. The van der Waals surface area contributed by atoms with Crippen LogP contribution in [0.15, 0.2) is 93.9 Å². The Balaban J connectivity index is 1.71. The van der Waals surface area contributed by atoms with Gasteiger partial charge in [0, 0.05) is 22.9 Å². The van der Waals surface area contributed by atoms with E-state index in [2.05, 4.69) is 15.0 Å². The minimum atomic E-state index is -3.03. The lowest BCUT2D eigenvalue weighted by Crippen LogP contribution is -2.40. The number of carbonyl (C=O) groups is 1. The number of nitrogens with zero attached hydrogens (tertiary/aromatic N) is 2. The molecule has 2 heterocycles. The number of ether oxygens (including phenoxy) is 3. The molecule has 0 spiro atoms. The first-order chi connectivity index (χ1) is 19.8. The molecule has 1 aliphatic rings. The summed E-state index contributed by atoms with van der Waals surface area (Å²) >= 11 is 1.08. The van der Waals surface area contributed by atoms with Crippen LogP contribution in [-0.4, -0.2) is 31.3 Å². The van der Waals surface area contributed by atoms with E-state index in [-0.39, 0.29) is 15.9 Å². The average Bonchev–Trinajstić information content (AvgIpc) is 3.27. The van der Waals surface area contributed by atoms with E-state index in [9.17, 15) is 18.4 Å². The summed E-state index contributed by atoms with van der Waals surface area (Å²) in [5, 5.41) is 2.89. The fraction of sp³-hybridized carbons (Fsp3) is 0.167. The number of rotatable bonds is 8. The molecule has 0 radical (unpaired) electrons. The molecule has 0 bridgehead atoms. The van der Waals surface area contributed by atoms with Gasteiger partial charge in [0.25, 0.3) is 11.5 Å². The van der Waals surface area contributed by atoms with Crippen molar-refractivity contribution < 1.29 is 27.8 Å². The van der Waals surface area contributed by atoms with Gasteiger partial charge in [0.15, 0.2) is 4.80 Å². The standard InChI is InChI=1S/C30H25F2N3O5S/c1-17-25(27(36)34-19-10-5-4-6-11-19)26(21-14-13-20(38-2)16-23(21)39-3)35-28(37)24(41-30(35)33-17)15-18-9-7-8-12-22(18)40-29(31)32/h4-16,26,29H,1-3H3,(H,34,36)/b24-15+/t26-/m0/s1. The summed E-state index contributed by atoms with van der Waals surface area (Å²) < 4.78 is 43.3. The Morgan fingerprint density at radius 1 is 1.02 bits per heavy atom. The number of hydrogen-bond acceptors (Lipinski definition) is 7. The van der Waals surface area contributed by atoms with Crippen LogP contribution in [0.3, 0.4) is 0 Å². The first-order valence-corrected chi connectivity index (χ1v) is 13.3. The zero-order valence-electron chi connectivity index (χ0n) is 22.3. The molecule has 3 aromatic carbocycles. The van der Waals surface area contributed by atoms with E-state index in [1.165, 1.54) is 30.9 Å². The number of methoxy groups -OCH3 is 2. The Labute approximate surface area is 237 Å².